The van der Waals surface area contributed by atoms with E-state index in [0.717, 1.165) is 24.7 Å². The number of carboxylic acid groups (broad SMARTS) is 1. The number of hydrogen-bond acceptors (Lipinski definition) is 2. The summed E-state index contributed by atoms with van der Waals surface area (Å²) < 4.78 is 0. The van der Waals surface area contributed by atoms with Gasteiger partial charge >= 0.3 is 6.09 Å². The van der Waals surface area contributed by atoms with Gasteiger partial charge in [-0.1, -0.05) is 6.58 Å². The summed E-state index contributed by atoms with van der Waals surface area (Å²) in [5.74, 6) is 2.03. The number of rotatable bonds is 5. The van der Waals surface area contributed by atoms with Crippen molar-refractivity contribution in [3.05, 3.63) is 12.2 Å². The maximum Gasteiger partial charge on any atom is 0.405 e. The Bertz CT molecular complexity index is 354. The van der Waals surface area contributed by atoms with Crippen molar-refractivity contribution in [2.75, 3.05) is 0 Å². The molecule has 4 heteroatoms. The number of amides is 1. The zero-order valence-corrected chi connectivity index (χ0v) is 10.1. The molecule has 4 nitrogen and oxygen atoms in total. The van der Waals surface area contributed by atoms with Gasteiger partial charge in [-0.25, -0.2) is 4.79 Å². The molecule has 94 valence electrons. The Morgan fingerprint density at radius 1 is 1.35 bits per heavy atom. The molecule has 0 heterocycles. The van der Waals surface area contributed by atoms with Crippen LogP contribution in [0, 0.1) is 17.8 Å². The summed E-state index contributed by atoms with van der Waals surface area (Å²) in [6.07, 6.45) is 3.15. The first-order chi connectivity index (χ1) is 7.97. The molecule has 0 bridgehead atoms. The molecule has 2 fully saturated rings. The summed E-state index contributed by atoms with van der Waals surface area (Å²) >= 11 is 0. The molecule has 0 aliphatic heterocycles. The average Bonchev–Trinajstić information content (AvgIpc) is 2.84. The third-order valence-corrected chi connectivity index (χ3v) is 3.95. The van der Waals surface area contributed by atoms with Gasteiger partial charge in [-0.2, -0.15) is 0 Å². The minimum absolute atomic E-state index is 0.173. The number of carbonyl (C=O) groups excluding carboxylic acids is 1. The number of hydrogen-bond donors (Lipinski definition) is 2. The predicted molar refractivity (Wildman–Crippen MR) is 63.7 cm³/mol. The highest BCUT2D eigenvalue weighted by molar-refractivity contribution is 5.99. The smallest absolute Gasteiger partial charge is 0.405 e. The Balaban J connectivity index is 1.92. The summed E-state index contributed by atoms with van der Waals surface area (Å²) in [5, 5.41) is 11.1. The molecular formula is C13H19NO3. The molecule has 0 aromatic carbocycles. The van der Waals surface area contributed by atoms with Gasteiger partial charge in [-0.05, 0) is 55.9 Å². The minimum Gasteiger partial charge on any atom is -0.465 e. The molecule has 2 N–H and O–H groups in total. The lowest BCUT2D eigenvalue weighted by Gasteiger charge is -2.20. The quantitative estimate of drug-likeness (QED) is 0.720. The predicted octanol–water partition coefficient (Wildman–Crippen LogP) is 2.20. The van der Waals surface area contributed by atoms with Gasteiger partial charge in [0.25, 0.3) is 0 Å². The van der Waals surface area contributed by atoms with E-state index in [1.807, 2.05) is 0 Å². The van der Waals surface area contributed by atoms with Crippen molar-refractivity contribution in [1.29, 1.82) is 0 Å². The third kappa shape index (κ3) is 2.87. The Hall–Kier alpha value is -1.32. The molecular weight excluding hydrogens is 218 g/mol. The average molecular weight is 237 g/mol. The molecule has 1 amide bonds. The van der Waals surface area contributed by atoms with E-state index in [9.17, 15) is 9.59 Å². The highest BCUT2D eigenvalue weighted by Gasteiger charge is 2.46. The number of carbonyl (C=O) groups is 2. The highest BCUT2D eigenvalue weighted by Crippen LogP contribution is 2.55. The summed E-state index contributed by atoms with van der Waals surface area (Å²) in [6.45, 7) is 5.23. The van der Waals surface area contributed by atoms with Crippen LogP contribution in [-0.4, -0.2) is 23.0 Å². The van der Waals surface area contributed by atoms with Gasteiger partial charge in [0, 0.05) is 0 Å². The van der Waals surface area contributed by atoms with E-state index >= 15 is 0 Å². The van der Waals surface area contributed by atoms with Crippen LogP contribution in [-0.2, 0) is 4.79 Å². The van der Waals surface area contributed by atoms with Gasteiger partial charge in [-0.15, -0.1) is 0 Å². The van der Waals surface area contributed by atoms with E-state index < -0.39 is 12.1 Å². The fourth-order valence-electron chi connectivity index (χ4n) is 3.04. The summed E-state index contributed by atoms with van der Waals surface area (Å²) in [6, 6.07) is -0.604. The van der Waals surface area contributed by atoms with Gasteiger partial charge in [0.15, 0.2) is 5.78 Å². The number of ketones is 1. The van der Waals surface area contributed by atoms with E-state index in [1.54, 1.807) is 6.92 Å². The van der Waals surface area contributed by atoms with E-state index in [-0.39, 0.29) is 5.78 Å². The van der Waals surface area contributed by atoms with Crippen LogP contribution in [0.4, 0.5) is 4.79 Å². The van der Waals surface area contributed by atoms with Crippen LogP contribution in [0.15, 0.2) is 12.2 Å². The fraction of sp³-hybridized carbons (Fsp3) is 0.692. The van der Waals surface area contributed by atoms with Crippen LogP contribution in [0.3, 0.4) is 0 Å². The monoisotopic (exact) mass is 237 g/mol. The number of Topliss-reactive ketones (excluding diaryl/α,β-unsaturated/α-hetero) is 1. The molecule has 0 saturated heterocycles. The molecule has 2 aliphatic rings. The van der Waals surface area contributed by atoms with E-state index in [1.165, 1.54) is 6.42 Å². The Labute approximate surface area is 101 Å². The third-order valence-electron chi connectivity index (χ3n) is 3.95. The van der Waals surface area contributed by atoms with Crippen molar-refractivity contribution < 1.29 is 14.7 Å². The topological polar surface area (TPSA) is 66.4 Å². The second-order valence-corrected chi connectivity index (χ2v) is 5.48. The van der Waals surface area contributed by atoms with Crippen molar-refractivity contribution in [1.82, 2.24) is 5.32 Å². The molecule has 0 aromatic heterocycles. The van der Waals surface area contributed by atoms with Gasteiger partial charge in [0.2, 0.25) is 0 Å². The molecule has 2 aliphatic carbocycles. The molecule has 2 rings (SSSR count). The van der Waals surface area contributed by atoms with Crippen molar-refractivity contribution in [3.63, 3.8) is 0 Å². The Morgan fingerprint density at radius 2 is 1.94 bits per heavy atom. The van der Waals surface area contributed by atoms with Crippen LogP contribution < -0.4 is 5.32 Å². The second kappa shape index (κ2) is 4.51. The Kier molecular flexibility index (Phi) is 3.22. The van der Waals surface area contributed by atoms with Crippen LogP contribution in [0.5, 0.6) is 0 Å². The van der Waals surface area contributed by atoms with Crippen molar-refractivity contribution in [2.45, 2.75) is 38.6 Å². The summed E-state index contributed by atoms with van der Waals surface area (Å²) in [4.78, 5) is 22.5. The zero-order chi connectivity index (χ0) is 12.6. The fourth-order valence-corrected chi connectivity index (χ4v) is 3.04. The first-order valence-electron chi connectivity index (χ1n) is 6.16. The molecule has 0 spiro atoms. The molecule has 17 heavy (non-hydrogen) atoms. The van der Waals surface area contributed by atoms with Crippen LogP contribution in [0.2, 0.25) is 0 Å². The van der Waals surface area contributed by atoms with Crippen molar-refractivity contribution in [3.8, 4) is 0 Å². The largest absolute Gasteiger partial charge is 0.465 e. The van der Waals surface area contributed by atoms with Crippen molar-refractivity contribution in [2.24, 2.45) is 17.8 Å². The maximum atomic E-state index is 11.8. The van der Waals surface area contributed by atoms with Gasteiger partial charge in [0.05, 0.1) is 6.04 Å². The van der Waals surface area contributed by atoms with Gasteiger partial charge < -0.3 is 10.4 Å². The molecule has 0 radical (unpaired) electrons. The molecule has 0 unspecified atom stereocenters. The molecule has 0 aromatic rings. The first kappa shape index (κ1) is 12.1. The lowest BCUT2D eigenvalue weighted by Crippen LogP contribution is -2.41. The van der Waals surface area contributed by atoms with Crippen molar-refractivity contribution >= 4 is 11.9 Å². The summed E-state index contributed by atoms with van der Waals surface area (Å²) in [7, 11) is 0. The normalized spacial score (nSPS) is 31.5. The SMILES string of the molecule is C=C(C)C(=O)[C@H](C[C@H]1C[C@@H]2C[C@@H]2C1)NC(=O)O. The van der Waals surface area contributed by atoms with Gasteiger partial charge in [-0.3, -0.25) is 4.79 Å². The lowest BCUT2D eigenvalue weighted by molar-refractivity contribution is -0.117. The summed E-state index contributed by atoms with van der Waals surface area (Å²) in [5.41, 5.74) is 0.423. The van der Waals surface area contributed by atoms with Crippen LogP contribution >= 0.6 is 0 Å². The Morgan fingerprint density at radius 3 is 2.41 bits per heavy atom. The first-order valence-corrected chi connectivity index (χ1v) is 6.16. The van der Waals surface area contributed by atoms with E-state index in [2.05, 4.69) is 11.9 Å². The van der Waals surface area contributed by atoms with E-state index in [0.29, 0.717) is 17.9 Å². The van der Waals surface area contributed by atoms with Gasteiger partial charge in [0.1, 0.15) is 0 Å². The van der Waals surface area contributed by atoms with Crippen LogP contribution in [0.25, 0.3) is 0 Å². The maximum absolute atomic E-state index is 11.8. The lowest BCUT2D eigenvalue weighted by atomic mass is 9.91. The minimum atomic E-state index is -1.13. The molecule has 4 atom stereocenters. The second-order valence-electron chi connectivity index (χ2n) is 5.48. The van der Waals surface area contributed by atoms with Crippen LogP contribution in [0.1, 0.15) is 32.6 Å². The zero-order valence-electron chi connectivity index (χ0n) is 10.1. The number of fused-ring (bicyclic) bond motifs is 1. The highest BCUT2D eigenvalue weighted by atomic mass is 16.4. The molecule has 2 saturated carbocycles. The van der Waals surface area contributed by atoms with E-state index in [4.69, 9.17) is 5.11 Å². The number of nitrogens with one attached hydrogen (secondary N) is 1. The standard InChI is InChI=1S/C13H19NO3/c1-7(2)12(15)11(14-13(16)17)5-8-3-9-6-10(9)4-8/h8-11,14H,1,3-6H2,2H3,(H,16,17)/t8-,9+,10-,11-/m0/s1.